The van der Waals surface area contributed by atoms with E-state index in [9.17, 15) is 4.79 Å². The molecule has 1 N–H and O–H groups in total. The van der Waals surface area contributed by atoms with Crippen LogP contribution in [0.3, 0.4) is 0 Å². The molecule has 178 valence electrons. The molecular weight excluding hydrogens is 504 g/mol. The SMILES string of the molecule is O=C(NC(c1ccccc1)c1ccccc1)C1CCN(Cc2nc(-c3cccc(Br)c3)no2)CC1. The van der Waals surface area contributed by atoms with Gasteiger partial charge in [-0.25, -0.2) is 0 Å². The number of nitrogens with one attached hydrogen (secondary N) is 1. The second-order valence-corrected chi connectivity index (χ2v) is 9.75. The summed E-state index contributed by atoms with van der Waals surface area (Å²) >= 11 is 3.48. The Morgan fingerprint density at radius 1 is 0.971 bits per heavy atom. The summed E-state index contributed by atoms with van der Waals surface area (Å²) < 4.78 is 6.46. The summed E-state index contributed by atoms with van der Waals surface area (Å²) in [5.74, 6) is 1.28. The molecule has 1 amide bonds. The second kappa shape index (κ2) is 11.0. The molecule has 6 nitrogen and oxygen atoms in total. The van der Waals surface area contributed by atoms with E-state index in [4.69, 9.17) is 4.52 Å². The molecule has 0 spiro atoms. The van der Waals surface area contributed by atoms with E-state index in [0.717, 1.165) is 47.1 Å². The van der Waals surface area contributed by atoms with E-state index in [2.05, 4.69) is 60.6 Å². The van der Waals surface area contributed by atoms with Crippen LogP contribution in [0.5, 0.6) is 0 Å². The largest absolute Gasteiger partial charge is 0.345 e. The fourth-order valence-corrected chi connectivity index (χ4v) is 4.92. The zero-order valence-electron chi connectivity index (χ0n) is 19.3. The molecule has 1 fully saturated rings. The first-order valence-electron chi connectivity index (χ1n) is 11.9. The fourth-order valence-electron chi connectivity index (χ4n) is 4.52. The molecule has 1 aliphatic rings. The maximum Gasteiger partial charge on any atom is 0.241 e. The molecule has 0 radical (unpaired) electrons. The highest BCUT2D eigenvalue weighted by molar-refractivity contribution is 9.10. The van der Waals surface area contributed by atoms with Crippen molar-refractivity contribution in [3.05, 3.63) is 106 Å². The van der Waals surface area contributed by atoms with Gasteiger partial charge in [0.1, 0.15) is 0 Å². The van der Waals surface area contributed by atoms with Crippen LogP contribution in [-0.4, -0.2) is 34.0 Å². The number of hydrogen-bond acceptors (Lipinski definition) is 5. The van der Waals surface area contributed by atoms with Crippen molar-refractivity contribution in [3.8, 4) is 11.4 Å². The lowest BCUT2D eigenvalue weighted by Gasteiger charge is -2.31. The molecule has 3 aromatic carbocycles. The summed E-state index contributed by atoms with van der Waals surface area (Å²) in [6.45, 7) is 2.22. The van der Waals surface area contributed by atoms with Crippen molar-refractivity contribution >= 4 is 21.8 Å². The van der Waals surface area contributed by atoms with Gasteiger partial charge in [0.15, 0.2) is 0 Å². The average Bonchev–Trinajstić information content (AvgIpc) is 3.37. The summed E-state index contributed by atoms with van der Waals surface area (Å²) in [5.41, 5.74) is 3.08. The van der Waals surface area contributed by atoms with Crippen LogP contribution in [0.4, 0.5) is 0 Å². The van der Waals surface area contributed by atoms with Crippen LogP contribution in [0.15, 0.2) is 93.9 Å². The predicted molar refractivity (Wildman–Crippen MR) is 138 cm³/mol. The first kappa shape index (κ1) is 23.5. The minimum Gasteiger partial charge on any atom is -0.345 e. The maximum absolute atomic E-state index is 13.2. The number of carbonyl (C=O) groups is 1. The normalized spacial score (nSPS) is 14.8. The number of rotatable bonds is 7. The van der Waals surface area contributed by atoms with Gasteiger partial charge in [-0.2, -0.15) is 4.98 Å². The maximum atomic E-state index is 13.2. The number of likely N-dealkylation sites (tertiary alicyclic amines) is 1. The molecule has 4 aromatic rings. The van der Waals surface area contributed by atoms with Gasteiger partial charge < -0.3 is 9.84 Å². The first-order chi connectivity index (χ1) is 17.2. The van der Waals surface area contributed by atoms with Crippen LogP contribution in [0.1, 0.15) is 35.9 Å². The quantitative estimate of drug-likeness (QED) is 0.336. The minimum absolute atomic E-state index is 0.0129. The molecule has 0 aliphatic carbocycles. The Morgan fingerprint density at radius 2 is 1.63 bits per heavy atom. The molecule has 35 heavy (non-hydrogen) atoms. The number of nitrogens with zero attached hydrogens (tertiary/aromatic N) is 3. The Balaban J connectivity index is 1.18. The van der Waals surface area contributed by atoms with Crippen molar-refractivity contribution in [1.82, 2.24) is 20.4 Å². The summed E-state index contributed by atoms with van der Waals surface area (Å²) in [6.07, 6.45) is 1.60. The van der Waals surface area contributed by atoms with Gasteiger partial charge in [0.2, 0.25) is 17.6 Å². The Bertz CT molecular complexity index is 1210. The van der Waals surface area contributed by atoms with Crippen molar-refractivity contribution in [2.45, 2.75) is 25.4 Å². The van der Waals surface area contributed by atoms with Crippen LogP contribution in [0, 0.1) is 5.92 Å². The van der Waals surface area contributed by atoms with Crippen molar-refractivity contribution in [3.63, 3.8) is 0 Å². The third-order valence-corrected chi connectivity index (χ3v) is 6.91. The van der Waals surface area contributed by atoms with Crippen molar-refractivity contribution in [2.75, 3.05) is 13.1 Å². The fraction of sp³-hybridized carbons (Fsp3) is 0.250. The summed E-state index contributed by atoms with van der Waals surface area (Å²) in [4.78, 5) is 20.1. The van der Waals surface area contributed by atoms with Crippen LogP contribution in [0.25, 0.3) is 11.4 Å². The average molecular weight is 531 g/mol. The van der Waals surface area contributed by atoms with E-state index < -0.39 is 0 Å². The van der Waals surface area contributed by atoms with Gasteiger partial charge in [-0.15, -0.1) is 0 Å². The Hall–Kier alpha value is -3.29. The van der Waals surface area contributed by atoms with Crippen LogP contribution in [-0.2, 0) is 11.3 Å². The highest BCUT2D eigenvalue weighted by atomic mass is 79.9. The number of piperidine rings is 1. The van der Waals surface area contributed by atoms with E-state index >= 15 is 0 Å². The minimum atomic E-state index is -0.155. The first-order valence-corrected chi connectivity index (χ1v) is 12.7. The number of carbonyl (C=O) groups excluding carboxylic acids is 1. The Kier molecular flexibility index (Phi) is 7.35. The van der Waals surface area contributed by atoms with Crippen LogP contribution >= 0.6 is 15.9 Å². The van der Waals surface area contributed by atoms with Gasteiger partial charge in [0.05, 0.1) is 12.6 Å². The van der Waals surface area contributed by atoms with Gasteiger partial charge >= 0.3 is 0 Å². The number of hydrogen-bond donors (Lipinski definition) is 1. The van der Waals surface area contributed by atoms with E-state index in [-0.39, 0.29) is 17.9 Å². The molecular formula is C28H27BrN4O2. The lowest BCUT2D eigenvalue weighted by atomic mass is 9.93. The molecule has 0 unspecified atom stereocenters. The molecule has 0 atom stereocenters. The zero-order valence-corrected chi connectivity index (χ0v) is 20.9. The Labute approximate surface area is 213 Å². The van der Waals surface area contributed by atoms with Gasteiger partial charge in [-0.3, -0.25) is 9.69 Å². The topological polar surface area (TPSA) is 71.3 Å². The van der Waals surface area contributed by atoms with Crippen molar-refractivity contribution in [2.24, 2.45) is 5.92 Å². The monoisotopic (exact) mass is 530 g/mol. The summed E-state index contributed by atoms with van der Waals surface area (Å²) in [5, 5.41) is 7.44. The lowest BCUT2D eigenvalue weighted by Crippen LogP contribution is -2.41. The number of halogens is 1. The van der Waals surface area contributed by atoms with E-state index in [1.165, 1.54) is 0 Å². The van der Waals surface area contributed by atoms with Crippen LogP contribution < -0.4 is 5.32 Å². The predicted octanol–water partition coefficient (Wildman–Crippen LogP) is 5.62. The Morgan fingerprint density at radius 3 is 2.26 bits per heavy atom. The molecule has 1 aromatic heterocycles. The third-order valence-electron chi connectivity index (χ3n) is 6.42. The molecule has 7 heteroatoms. The highest BCUT2D eigenvalue weighted by Gasteiger charge is 2.28. The second-order valence-electron chi connectivity index (χ2n) is 8.84. The van der Waals surface area contributed by atoms with Crippen molar-refractivity contribution < 1.29 is 9.32 Å². The lowest BCUT2D eigenvalue weighted by molar-refractivity contribution is -0.127. The van der Waals surface area contributed by atoms with Gasteiger partial charge in [-0.1, -0.05) is 93.9 Å². The summed E-state index contributed by atoms with van der Waals surface area (Å²) in [6, 6.07) is 28.0. The molecule has 0 saturated carbocycles. The standard InChI is InChI=1S/C28H27BrN4O2/c29-24-13-7-12-23(18-24)27-30-25(35-32-27)19-33-16-14-22(15-17-33)28(34)31-26(20-8-3-1-4-9-20)21-10-5-2-6-11-21/h1-13,18,22,26H,14-17,19H2,(H,31,34). The molecule has 1 aliphatic heterocycles. The summed E-state index contributed by atoms with van der Waals surface area (Å²) in [7, 11) is 0. The molecule has 1 saturated heterocycles. The number of amides is 1. The molecule has 2 heterocycles. The van der Waals surface area contributed by atoms with Gasteiger partial charge in [0.25, 0.3) is 0 Å². The van der Waals surface area contributed by atoms with Gasteiger partial charge in [0, 0.05) is 16.0 Å². The third kappa shape index (κ3) is 5.86. The number of benzene rings is 3. The van der Waals surface area contributed by atoms with E-state index in [1.807, 2.05) is 60.7 Å². The highest BCUT2D eigenvalue weighted by Crippen LogP contribution is 2.26. The van der Waals surface area contributed by atoms with Crippen molar-refractivity contribution in [1.29, 1.82) is 0 Å². The molecule has 5 rings (SSSR count). The number of aromatic nitrogens is 2. The zero-order chi connectivity index (χ0) is 24.0. The van der Waals surface area contributed by atoms with E-state index in [1.54, 1.807) is 0 Å². The van der Waals surface area contributed by atoms with Gasteiger partial charge in [-0.05, 0) is 49.2 Å². The van der Waals surface area contributed by atoms with Crippen LogP contribution in [0.2, 0.25) is 0 Å². The smallest absolute Gasteiger partial charge is 0.241 e. The van der Waals surface area contributed by atoms with E-state index in [0.29, 0.717) is 18.3 Å². The molecule has 0 bridgehead atoms.